The highest BCUT2D eigenvalue weighted by Crippen LogP contribution is 2.27. The van der Waals surface area contributed by atoms with Crippen LogP contribution >= 0.6 is 24.0 Å². The molecule has 1 N–H and O–H groups in total. The van der Waals surface area contributed by atoms with Crippen LogP contribution < -0.4 is 5.32 Å². The van der Waals surface area contributed by atoms with Gasteiger partial charge in [-0.2, -0.15) is 11.8 Å². The number of thiocarbonyl (C=S) groups is 1. The van der Waals surface area contributed by atoms with Gasteiger partial charge in [0.1, 0.15) is 0 Å². The van der Waals surface area contributed by atoms with Gasteiger partial charge in [-0.05, 0) is 25.5 Å². The summed E-state index contributed by atoms with van der Waals surface area (Å²) in [7, 11) is 0. The molecular formula is C10H13N3S2. The third-order valence-corrected chi connectivity index (χ3v) is 4.28. The van der Waals surface area contributed by atoms with E-state index < -0.39 is 0 Å². The van der Waals surface area contributed by atoms with Gasteiger partial charge in [0.15, 0.2) is 5.82 Å². The van der Waals surface area contributed by atoms with Gasteiger partial charge < -0.3 is 5.32 Å². The highest BCUT2D eigenvalue weighted by atomic mass is 32.2. The zero-order valence-electron chi connectivity index (χ0n) is 8.56. The third kappa shape index (κ3) is 2.66. The first-order valence-corrected chi connectivity index (χ1v) is 6.43. The van der Waals surface area contributed by atoms with E-state index in [0.717, 1.165) is 16.5 Å². The molecule has 5 heteroatoms. The highest BCUT2D eigenvalue weighted by Gasteiger charge is 2.20. The van der Waals surface area contributed by atoms with Crippen molar-refractivity contribution >= 4 is 34.8 Å². The van der Waals surface area contributed by atoms with Gasteiger partial charge >= 0.3 is 0 Å². The summed E-state index contributed by atoms with van der Waals surface area (Å²) >= 11 is 7.28. The first-order chi connectivity index (χ1) is 7.27. The topological polar surface area (TPSA) is 37.8 Å². The lowest BCUT2D eigenvalue weighted by molar-refractivity contribution is 0.904. The molecule has 1 atom stereocenters. The van der Waals surface area contributed by atoms with Gasteiger partial charge in [0.25, 0.3) is 0 Å². The lowest BCUT2D eigenvalue weighted by Crippen LogP contribution is -2.22. The second-order valence-corrected chi connectivity index (χ2v) is 5.23. The predicted molar refractivity (Wildman–Crippen MR) is 68.5 cm³/mol. The number of nitrogens with one attached hydrogen (secondary N) is 1. The Morgan fingerprint density at radius 2 is 2.33 bits per heavy atom. The molecule has 1 unspecified atom stereocenters. The monoisotopic (exact) mass is 239 g/mol. The van der Waals surface area contributed by atoms with Crippen molar-refractivity contribution < 1.29 is 0 Å². The van der Waals surface area contributed by atoms with Crippen LogP contribution in [0.1, 0.15) is 18.5 Å². The van der Waals surface area contributed by atoms with Crippen molar-refractivity contribution in [2.75, 3.05) is 11.1 Å². The molecule has 1 aromatic heterocycles. The Labute approximate surface area is 99.1 Å². The van der Waals surface area contributed by atoms with Gasteiger partial charge in [0, 0.05) is 12.4 Å². The average molecular weight is 239 g/mol. The first-order valence-electron chi connectivity index (χ1n) is 4.97. The first kappa shape index (κ1) is 10.8. The van der Waals surface area contributed by atoms with E-state index in [2.05, 4.69) is 15.3 Å². The summed E-state index contributed by atoms with van der Waals surface area (Å²) in [6.45, 7) is 1.93. The molecule has 15 heavy (non-hydrogen) atoms. The largest absolute Gasteiger partial charge is 0.332 e. The fourth-order valence-electron chi connectivity index (χ4n) is 1.51. The number of aromatic nitrogens is 2. The van der Waals surface area contributed by atoms with Gasteiger partial charge in [-0.3, -0.25) is 4.98 Å². The van der Waals surface area contributed by atoms with Crippen molar-refractivity contribution in [2.45, 2.75) is 25.0 Å². The number of hydrogen-bond donors (Lipinski definition) is 1. The lowest BCUT2D eigenvalue weighted by atomic mass is 10.2. The van der Waals surface area contributed by atoms with Crippen molar-refractivity contribution in [3.8, 4) is 0 Å². The van der Waals surface area contributed by atoms with Gasteiger partial charge in [-0.25, -0.2) is 4.98 Å². The molecule has 2 rings (SSSR count). The van der Waals surface area contributed by atoms with E-state index in [-0.39, 0.29) is 0 Å². The minimum absolute atomic E-state index is 0.460. The molecule has 0 aliphatic carbocycles. The zero-order valence-corrected chi connectivity index (χ0v) is 10.2. The Kier molecular flexibility index (Phi) is 3.53. The van der Waals surface area contributed by atoms with E-state index >= 15 is 0 Å². The van der Waals surface area contributed by atoms with Crippen LogP contribution in [0.4, 0.5) is 5.82 Å². The summed E-state index contributed by atoms with van der Waals surface area (Å²) in [4.78, 5) is 9.28. The van der Waals surface area contributed by atoms with Crippen LogP contribution in [0.5, 0.6) is 0 Å². The Hall–Kier alpha value is -0.680. The van der Waals surface area contributed by atoms with Crippen molar-refractivity contribution in [1.82, 2.24) is 9.97 Å². The summed E-state index contributed by atoms with van der Waals surface area (Å²) in [5.74, 6) is 2.00. The Bertz CT molecular complexity index is 361. The highest BCUT2D eigenvalue weighted by molar-refractivity contribution is 8.02. The van der Waals surface area contributed by atoms with Gasteiger partial charge in [0.2, 0.25) is 0 Å². The van der Waals surface area contributed by atoms with Crippen molar-refractivity contribution in [3.05, 3.63) is 18.1 Å². The molecule has 0 amide bonds. The molecule has 1 aliphatic heterocycles. The third-order valence-electron chi connectivity index (χ3n) is 2.34. The normalized spacial score (nSPS) is 20.2. The van der Waals surface area contributed by atoms with Crippen LogP contribution in [0.15, 0.2) is 12.4 Å². The van der Waals surface area contributed by atoms with Crippen LogP contribution in [0.2, 0.25) is 0 Å². The van der Waals surface area contributed by atoms with E-state index in [4.69, 9.17) is 12.2 Å². The van der Waals surface area contributed by atoms with Crippen molar-refractivity contribution in [3.63, 3.8) is 0 Å². The van der Waals surface area contributed by atoms with Gasteiger partial charge in [0.05, 0.1) is 15.9 Å². The number of thioether (sulfide) groups is 1. The van der Waals surface area contributed by atoms with Crippen LogP contribution in [0, 0.1) is 6.92 Å². The summed E-state index contributed by atoms with van der Waals surface area (Å²) in [5.41, 5.74) is 0.892. The molecule has 1 aliphatic rings. The van der Waals surface area contributed by atoms with Crippen molar-refractivity contribution in [1.29, 1.82) is 0 Å². The summed E-state index contributed by atoms with van der Waals surface area (Å²) in [6, 6.07) is 0. The molecule has 1 saturated heterocycles. The molecule has 80 valence electrons. The van der Waals surface area contributed by atoms with E-state index in [1.165, 1.54) is 18.6 Å². The summed E-state index contributed by atoms with van der Waals surface area (Å²) in [5, 5.41) is 3.65. The Morgan fingerprint density at radius 1 is 1.53 bits per heavy atom. The number of hydrogen-bond acceptors (Lipinski definition) is 4. The summed E-state index contributed by atoms with van der Waals surface area (Å²) in [6.07, 6.45) is 5.81. The fraction of sp³-hybridized carbons (Fsp3) is 0.500. The maximum atomic E-state index is 5.36. The van der Waals surface area contributed by atoms with Gasteiger partial charge in [-0.1, -0.05) is 12.2 Å². The van der Waals surface area contributed by atoms with Crippen LogP contribution in [0.3, 0.4) is 0 Å². The molecule has 0 saturated carbocycles. The minimum Gasteiger partial charge on any atom is -0.332 e. The van der Waals surface area contributed by atoms with E-state index in [9.17, 15) is 0 Å². The smallest absolute Gasteiger partial charge is 0.152 e. The predicted octanol–water partition coefficient (Wildman–Crippen LogP) is 2.42. The maximum Gasteiger partial charge on any atom is 0.152 e. The maximum absolute atomic E-state index is 5.36. The minimum atomic E-state index is 0.460. The SMILES string of the molecule is Cc1nccnc1NC(=S)C1CCCS1. The van der Waals surface area contributed by atoms with E-state index in [1.54, 1.807) is 12.4 Å². The molecule has 0 radical (unpaired) electrons. The van der Waals surface area contributed by atoms with Crippen LogP contribution in [0.25, 0.3) is 0 Å². The van der Waals surface area contributed by atoms with Crippen LogP contribution in [-0.4, -0.2) is 26.0 Å². The van der Waals surface area contributed by atoms with Crippen molar-refractivity contribution in [2.24, 2.45) is 0 Å². The quantitative estimate of drug-likeness (QED) is 0.802. The molecule has 0 spiro atoms. The lowest BCUT2D eigenvalue weighted by Gasteiger charge is -2.13. The molecule has 0 aromatic carbocycles. The fourth-order valence-corrected chi connectivity index (χ4v) is 3.09. The Morgan fingerprint density at radius 3 is 3.00 bits per heavy atom. The van der Waals surface area contributed by atoms with E-state index in [0.29, 0.717) is 5.25 Å². The molecule has 1 aromatic rings. The Balaban J connectivity index is 2.02. The second kappa shape index (κ2) is 4.90. The molecule has 0 bridgehead atoms. The van der Waals surface area contributed by atoms with Crippen LogP contribution in [-0.2, 0) is 0 Å². The molecule has 2 heterocycles. The average Bonchev–Trinajstić information content (AvgIpc) is 2.74. The molecule has 3 nitrogen and oxygen atoms in total. The molecule has 1 fully saturated rings. The number of anilines is 1. The number of nitrogens with zero attached hydrogens (tertiary/aromatic N) is 2. The van der Waals surface area contributed by atoms with Gasteiger partial charge in [-0.15, -0.1) is 0 Å². The standard InChI is InChI=1S/C10H13N3S2/c1-7-9(12-5-4-11-7)13-10(14)8-3-2-6-15-8/h4-5,8H,2-3,6H2,1H3,(H,12,13,14). The summed E-state index contributed by atoms with van der Waals surface area (Å²) < 4.78 is 0. The number of rotatable bonds is 2. The zero-order chi connectivity index (χ0) is 10.7. The molecular weight excluding hydrogens is 226 g/mol. The second-order valence-electron chi connectivity index (χ2n) is 3.48. The van der Waals surface area contributed by atoms with E-state index in [1.807, 2.05) is 18.7 Å². The number of aryl methyl sites for hydroxylation is 1.